The lowest BCUT2D eigenvalue weighted by atomic mass is 10.1. The number of quaternary nitrogens is 2. The zero-order valence-electron chi connectivity index (χ0n) is 15.0. The highest BCUT2D eigenvalue weighted by Gasteiger charge is 2.25. The Bertz CT molecular complexity index is 566. The molecule has 0 bridgehead atoms. The fourth-order valence-corrected chi connectivity index (χ4v) is 3.56. The predicted octanol–water partition coefficient (Wildman–Crippen LogP) is -1.32. The molecule has 1 aromatic carbocycles. The van der Waals surface area contributed by atoms with Gasteiger partial charge in [0.25, 0.3) is 5.91 Å². The maximum absolute atomic E-state index is 11.9. The van der Waals surface area contributed by atoms with Crippen LogP contribution >= 0.6 is 0 Å². The monoisotopic (exact) mass is 333 g/mol. The number of carbonyl (C=O) groups excluding carboxylic acids is 1. The SMILES string of the molecule is CC(C)CNC(=O)C[NH+]1CC[NH+](Cc2ccc3c(c2)CCO3)CC1. The first-order chi connectivity index (χ1) is 11.6. The van der Waals surface area contributed by atoms with E-state index in [-0.39, 0.29) is 5.91 Å². The molecule has 0 unspecified atom stereocenters. The molecule has 1 aromatic rings. The van der Waals surface area contributed by atoms with Crippen LogP contribution in [0.2, 0.25) is 0 Å². The largest absolute Gasteiger partial charge is 0.493 e. The Morgan fingerprint density at radius 2 is 1.96 bits per heavy atom. The van der Waals surface area contributed by atoms with E-state index in [1.165, 1.54) is 16.0 Å². The lowest BCUT2D eigenvalue weighted by Gasteiger charge is -2.29. The van der Waals surface area contributed by atoms with E-state index in [9.17, 15) is 4.79 Å². The Kier molecular flexibility index (Phi) is 5.74. The van der Waals surface area contributed by atoms with Crippen molar-refractivity contribution in [1.29, 1.82) is 0 Å². The summed E-state index contributed by atoms with van der Waals surface area (Å²) in [5.41, 5.74) is 2.77. The molecule has 3 N–H and O–H groups in total. The lowest BCUT2D eigenvalue weighted by Crippen LogP contribution is -3.28. The predicted molar refractivity (Wildman–Crippen MR) is 93.5 cm³/mol. The average molecular weight is 333 g/mol. The Morgan fingerprint density at radius 3 is 2.71 bits per heavy atom. The van der Waals surface area contributed by atoms with Crippen molar-refractivity contribution in [3.05, 3.63) is 29.3 Å². The van der Waals surface area contributed by atoms with Gasteiger partial charge in [0, 0.05) is 18.5 Å². The van der Waals surface area contributed by atoms with Crippen molar-refractivity contribution in [2.75, 3.05) is 45.9 Å². The number of ether oxygens (including phenoxy) is 1. The highest BCUT2D eigenvalue weighted by molar-refractivity contribution is 5.76. The van der Waals surface area contributed by atoms with Crippen LogP contribution in [0.1, 0.15) is 25.0 Å². The Hall–Kier alpha value is -1.59. The van der Waals surface area contributed by atoms with Crippen LogP contribution in [-0.4, -0.2) is 51.8 Å². The Labute approximate surface area is 145 Å². The van der Waals surface area contributed by atoms with Crippen LogP contribution < -0.4 is 19.9 Å². The maximum atomic E-state index is 11.9. The standard InChI is InChI=1S/C19H29N3O2/c1-15(2)12-20-19(23)14-22-8-6-21(7-9-22)13-16-3-4-18-17(11-16)5-10-24-18/h3-4,11,15H,5-10,12-14H2,1-2H3,(H,20,23)/p+2. The third-order valence-corrected chi connectivity index (χ3v) is 4.99. The number of fused-ring (bicyclic) bond motifs is 1. The van der Waals surface area contributed by atoms with E-state index < -0.39 is 0 Å². The highest BCUT2D eigenvalue weighted by atomic mass is 16.5. The third-order valence-electron chi connectivity index (χ3n) is 4.99. The summed E-state index contributed by atoms with van der Waals surface area (Å²) in [6.45, 7) is 12.0. The van der Waals surface area contributed by atoms with Crippen molar-refractivity contribution in [2.45, 2.75) is 26.8 Å². The first-order valence-electron chi connectivity index (χ1n) is 9.28. The van der Waals surface area contributed by atoms with Gasteiger partial charge in [0.1, 0.15) is 38.5 Å². The van der Waals surface area contributed by atoms with Gasteiger partial charge in [-0.15, -0.1) is 0 Å². The normalized spacial score (nSPS) is 23.0. The second kappa shape index (κ2) is 7.99. The van der Waals surface area contributed by atoms with Gasteiger partial charge in [-0.1, -0.05) is 13.8 Å². The minimum absolute atomic E-state index is 0.195. The second-order valence-corrected chi connectivity index (χ2v) is 7.59. The molecule has 1 saturated heterocycles. The van der Waals surface area contributed by atoms with Crippen molar-refractivity contribution in [1.82, 2.24) is 5.32 Å². The molecular weight excluding hydrogens is 302 g/mol. The molecule has 0 aliphatic carbocycles. The summed E-state index contributed by atoms with van der Waals surface area (Å²) in [7, 11) is 0. The third kappa shape index (κ3) is 4.71. The fraction of sp³-hybridized carbons (Fsp3) is 0.632. The zero-order chi connectivity index (χ0) is 16.9. The lowest BCUT2D eigenvalue weighted by molar-refractivity contribution is -1.02. The summed E-state index contributed by atoms with van der Waals surface area (Å²) in [6, 6.07) is 6.64. The maximum Gasteiger partial charge on any atom is 0.275 e. The van der Waals surface area contributed by atoms with Crippen molar-refractivity contribution in [2.24, 2.45) is 5.92 Å². The van der Waals surface area contributed by atoms with Crippen molar-refractivity contribution < 1.29 is 19.3 Å². The number of rotatable bonds is 6. The topological polar surface area (TPSA) is 47.2 Å². The Morgan fingerprint density at radius 1 is 1.21 bits per heavy atom. The van der Waals surface area contributed by atoms with Crippen LogP contribution in [0.15, 0.2) is 18.2 Å². The van der Waals surface area contributed by atoms with Gasteiger partial charge in [-0.2, -0.15) is 0 Å². The van der Waals surface area contributed by atoms with Gasteiger partial charge < -0.3 is 19.9 Å². The number of benzene rings is 1. The molecule has 2 heterocycles. The van der Waals surface area contributed by atoms with Gasteiger partial charge in [0.15, 0.2) is 6.54 Å². The van der Waals surface area contributed by atoms with Crippen molar-refractivity contribution in [3.63, 3.8) is 0 Å². The van der Waals surface area contributed by atoms with Gasteiger partial charge in [-0.25, -0.2) is 0 Å². The van der Waals surface area contributed by atoms with E-state index in [1.807, 2.05) is 0 Å². The summed E-state index contributed by atoms with van der Waals surface area (Å²) in [4.78, 5) is 15.0. The number of carbonyl (C=O) groups is 1. The number of nitrogens with one attached hydrogen (secondary N) is 3. The molecular formula is C19H31N3O2+2. The molecule has 132 valence electrons. The van der Waals surface area contributed by atoms with Crippen LogP contribution in [0.3, 0.4) is 0 Å². The van der Waals surface area contributed by atoms with E-state index >= 15 is 0 Å². The minimum Gasteiger partial charge on any atom is -0.493 e. The van der Waals surface area contributed by atoms with E-state index in [2.05, 4.69) is 37.4 Å². The van der Waals surface area contributed by atoms with Crippen molar-refractivity contribution in [3.8, 4) is 5.75 Å². The smallest absolute Gasteiger partial charge is 0.275 e. The summed E-state index contributed by atoms with van der Waals surface area (Å²) in [6.07, 6.45) is 1.04. The zero-order valence-corrected chi connectivity index (χ0v) is 15.0. The summed E-state index contributed by atoms with van der Waals surface area (Å²) < 4.78 is 5.58. The van der Waals surface area contributed by atoms with Crippen LogP contribution in [0.25, 0.3) is 0 Å². The summed E-state index contributed by atoms with van der Waals surface area (Å²) in [5, 5.41) is 3.03. The molecule has 1 amide bonds. The van der Waals surface area contributed by atoms with Gasteiger partial charge in [0.05, 0.1) is 6.61 Å². The van der Waals surface area contributed by atoms with E-state index in [4.69, 9.17) is 4.74 Å². The molecule has 5 heteroatoms. The van der Waals surface area contributed by atoms with Crippen LogP contribution in [0.5, 0.6) is 5.75 Å². The molecule has 5 nitrogen and oxygen atoms in total. The van der Waals surface area contributed by atoms with Gasteiger partial charge >= 0.3 is 0 Å². The molecule has 2 aliphatic rings. The number of amides is 1. The first kappa shape index (κ1) is 17.2. The molecule has 0 spiro atoms. The van der Waals surface area contributed by atoms with E-state index in [0.29, 0.717) is 12.5 Å². The highest BCUT2D eigenvalue weighted by Crippen LogP contribution is 2.25. The van der Waals surface area contributed by atoms with E-state index in [1.54, 1.807) is 4.90 Å². The molecule has 0 saturated carbocycles. The van der Waals surface area contributed by atoms with Crippen LogP contribution in [-0.2, 0) is 17.8 Å². The average Bonchev–Trinajstić information content (AvgIpc) is 3.02. The molecule has 0 radical (unpaired) electrons. The first-order valence-corrected chi connectivity index (χ1v) is 9.28. The molecule has 0 atom stereocenters. The second-order valence-electron chi connectivity index (χ2n) is 7.59. The van der Waals surface area contributed by atoms with Gasteiger partial charge in [-0.05, 0) is 29.7 Å². The summed E-state index contributed by atoms with van der Waals surface area (Å²) >= 11 is 0. The summed E-state index contributed by atoms with van der Waals surface area (Å²) in [5.74, 6) is 1.78. The Balaban J connectivity index is 1.41. The van der Waals surface area contributed by atoms with Crippen LogP contribution in [0.4, 0.5) is 0 Å². The molecule has 3 rings (SSSR count). The quantitative estimate of drug-likeness (QED) is 0.605. The fourth-order valence-electron chi connectivity index (χ4n) is 3.56. The van der Waals surface area contributed by atoms with E-state index in [0.717, 1.165) is 58.0 Å². The number of piperazine rings is 1. The molecule has 1 fully saturated rings. The van der Waals surface area contributed by atoms with Crippen molar-refractivity contribution >= 4 is 5.91 Å². The number of hydrogen-bond acceptors (Lipinski definition) is 2. The van der Waals surface area contributed by atoms with Gasteiger partial charge in [-0.3, -0.25) is 4.79 Å². The molecule has 0 aromatic heterocycles. The van der Waals surface area contributed by atoms with Crippen LogP contribution in [0, 0.1) is 5.92 Å². The molecule has 24 heavy (non-hydrogen) atoms. The van der Waals surface area contributed by atoms with Gasteiger partial charge in [0.2, 0.25) is 0 Å². The number of hydrogen-bond donors (Lipinski definition) is 3. The molecule has 2 aliphatic heterocycles. The minimum atomic E-state index is 0.195.